The summed E-state index contributed by atoms with van der Waals surface area (Å²) in [7, 11) is 0. The molecule has 3 radical (unpaired) electrons. The van der Waals surface area contributed by atoms with E-state index >= 15 is 0 Å². The zero-order chi connectivity index (χ0) is 6.10. The molecule has 0 aromatic carbocycles. The lowest BCUT2D eigenvalue weighted by Crippen LogP contribution is -1.68. The molecular weight excluding hydrogens is 123 g/mol. The summed E-state index contributed by atoms with van der Waals surface area (Å²) in [5.41, 5.74) is 2.12. The molecule has 0 amide bonds. The van der Waals surface area contributed by atoms with Crippen LogP contribution in [0.4, 0.5) is 0 Å². The maximum Gasteiger partial charge on any atom is 0.0878 e. The third-order valence-electron chi connectivity index (χ3n) is 1.32. The molecule has 2 rings (SSSR count). The highest BCUT2D eigenvalue weighted by Gasteiger charge is 1.88. The van der Waals surface area contributed by atoms with Crippen molar-refractivity contribution in [2.24, 2.45) is 0 Å². The summed E-state index contributed by atoms with van der Waals surface area (Å²) in [4.78, 5) is 7.17. The number of nitrogens with zero attached hydrogens (tertiary/aromatic N) is 1. The van der Waals surface area contributed by atoms with Gasteiger partial charge in [-0.3, -0.25) is 4.98 Å². The average molecular weight is 129 g/mol. The highest BCUT2D eigenvalue weighted by molar-refractivity contribution is 5.75. The number of aromatic amines is 1. The minimum Gasteiger partial charge on any atom is -0.360 e. The second-order valence-electron chi connectivity index (χ2n) is 1.91. The first kappa shape index (κ1) is 6.87. The van der Waals surface area contributed by atoms with E-state index in [0.29, 0.717) is 0 Å². The van der Waals surface area contributed by atoms with Crippen LogP contribution in [-0.4, -0.2) is 18.4 Å². The van der Waals surface area contributed by atoms with Crippen molar-refractivity contribution in [3.63, 3.8) is 0 Å². The molecular formula is C7H6BN2. The first-order valence-electron chi connectivity index (χ1n) is 2.85. The number of hydrogen-bond donors (Lipinski definition) is 1. The number of hydrogen-bond acceptors (Lipinski definition) is 1. The van der Waals surface area contributed by atoms with E-state index in [1.807, 2.05) is 24.4 Å². The summed E-state index contributed by atoms with van der Waals surface area (Å²) in [6.45, 7) is 0. The molecule has 3 heteroatoms. The van der Waals surface area contributed by atoms with Gasteiger partial charge in [-0.05, 0) is 18.2 Å². The molecule has 2 nitrogen and oxygen atoms in total. The molecule has 2 heterocycles. The van der Waals surface area contributed by atoms with Gasteiger partial charge in [0.05, 0.1) is 11.0 Å². The van der Waals surface area contributed by atoms with Crippen molar-refractivity contribution < 1.29 is 0 Å². The van der Waals surface area contributed by atoms with E-state index in [2.05, 4.69) is 9.97 Å². The fraction of sp³-hybridized carbons (Fsp3) is 0. The Balaban J connectivity index is 0.000000500. The van der Waals surface area contributed by atoms with E-state index in [9.17, 15) is 0 Å². The number of aromatic nitrogens is 2. The van der Waals surface area contributed by atoms with Crippen LogP contribution >= 0.6 is 0 Å². The Morgan fingerprint density at radius 3 is 3.00 bits per heavy atom. The third-order valence-corrected chi connectivity index (χ3v) is 1.32. The molecule has 1 N–H and O–H groups in total. The fourth-order valence-electron chi connectivity index (χ4n) is 0.883. The summed E-state index contributed by atoms with van der Waals surface area (Å²) < 4.78 is 0. The van der Waals surface area contributed by atoms with Gasteiger partial charge in [0, 0.05) is 20.8 Å². The Labute approximate surface area is 60.9 Å². The van der Waals surface area contributed by atoms with Crippen LogP contribution in [0.15, 0.2) is 30.6 Å². The highest BCUT2D eigenvalue weighted by Crippen LogP contribution is 2.05. The standard InChI is InChI=1S/C7H6N2.B/c1-2-6-7(8-4-1)3-5-9-6;/h1-5,9H;. The van der Waals surface area contributed by atoms with Crippen molar-refractivity contribution in [3.8, 4) is 0 Å². The second kappa shape index (κ2) is 2.56. The highest BCUT2D eigenvalue weighted by atomic mass is 14.7. The van der Waals surface area contributed by atoms with Gasteiger partial charge in [0.25, 0.3) is 0 Å². The lowest BCUT2D eigenvalue weighted by Gasteiger charge is -1.82. The van der Waals surface area contributed by atoms with Crippen LogP contribution in [0.25, 0.3) is 11.0 Å². The van der Waals surface area contributed by atoms with Gasteiger partial charge in [0.1, 0.15) is 0 Å². The van der Waals surface area contributed by atoms with Crippen molar-refractivity contribution in [2.75, 3.05) is 0 Å². The van der Waals surface area contributed by atoms with Gasteiger partial charge >= 0.3 is 0 Å². The van der Waals surface area contributed by atoms with Crippen LogP contribution in [0.3, 0.4) is 0 Å². The number of nitrogens with one attached hydrogen (secondary N) is 1. The summed E-state index contributed by atoms with van der Waals surface area (Å²) in [6.07, 6.45) is 3.67. The largest absolute Gasteiger partial charge is 0.360 e. The summed E-state index contributed by atoms with van der Waals surface area (Å²) >= 11 is 0. The van der Waals surface area contributed by atoms with Gasteiger partial charge in [0.2, 0.25) is 0 Å². The van der Waals surface area contributed by atoms with Crippen LogP contribution in [0.2, 0.25) is 0 Å². The monoisotopic (exact) mass is 129 g/mol. The number of fused-ring (bicyclic) bond motifs is 1. The predicted molar refractivity (Wildman–Crippen MR) is 41.8 cm³/mol. The normalized spacial score (nSPS) is 9.20. The van der Waals surface area contributed by atoms with E-state index in [4.69, 9.17) is 0 Å². The summed E-state index contributed by atoms with van der Waals surface area (Å²) in [6, 6.07) is 5.87. The quantitative estimate of drug-likeness (QED) is 0.531. The van der Waals surface area contributed by atoms with Crippen molar-refractivity contribution in [2.45, 2.75) is 0 Å². The molecule has 0 saturated carbocycles. The smallest absolute Gasteiger partial charge is 0.0878 e. The number of pyridine rings is 1. The van der Waals surface area contributed by atoms with Gasteiger partial charge in [-0.25, -0.2) is 0 Å². The van der Waals surface area contributed by atoms with Gasteiger partial charge in [0.15, 0.2) is 0 Å². The minimum atomic E-state index is 0. The molecule has 0 aliphatic rings. The Morgan fingerprint density at radius 1 is 1.30 bits per heavy atom. The summed E-state index contributed by atoms with van der Waals surface area (Å²) in [5, 5.41) is 0. The maximum absolute atomic E-state index is 4.11. The molecule has 47 valence electrons. The molecule has 0 fully saturated rings. The Morgan fingerprint density at radius 2 is 2.20 bits per heavy atom. The van der Waals surface area contributed by atoms with Crippen LogP contribution < -0.4 is 0 Å². The number of rotatable bonds is 0. The molecule has 0 atom stereocenters. The molecule has 2 aromatic rings. The maximum atomic E-state index is 4.11. The van der Waals surface area contributed by atoms with Gasteiger partial charge in [-0.1, -0.05) is 0 Å². The second-order valence-corrected chi connectivity index (χ2v) is 1.91. The summed E-state index contributed by atoms with van der Waals surface area (Å²) in [5.74, 6) is 0. The van der Waals surface area contributed by atoms with E-state index in [1.54, 1.807) is 6.20 Å². The van der Waals surface area contributed by atoms with Crippen LogP contribution in [0.1, 0.15) is 0 Å². The van der Waals surface area contributed by atoms with Gasteiger partial charge in [-0.2, -0.15) is 0 Å². The molecule has 0 bridgehead atoms. The topological polar surface area (TPSA) is 28.7 Å². The first-order valence-corrected chi connectivity index (χ1v) is 2.85. The predicted octanol–water partition coefficient (Wildman–Crippen LogP) is 1.18. The van der Waals surface area contributed by atoms with Crippen molar-refractivity contribution >= 4 is 19.4 Å². The van der Waals surface area contributed by atoms with Crippen LogP contribution in [0.5, 0.6) is 0 Å². The van der Waals surface area contributed by atoms with Crippen LogP contribution in [0, 0.1) is 0 Å². The van der Waals surface area contributed by atoms with Crippen molar-refractivity contribution in [1.29, 1.82) is 0 Å². The van der Waals surface area contributed by atoms with E-state index < -0.39 is 0 Å². The van der Waals surface area contributed by atoms with Gasteiger partial charge < -0.3 is 4.98 Å². The molecule has 10 heavy (non-hydrogen) atoms. The van der Waals surface area contributed by atoms with Crippen LogP contribution in [-0.2, 0) is 0 Å². The fourth-order valence-corrected chi connectivity index (χ4v) is 0.883. The Bertz CT molecular complexity index is 286. The van der Waals surface area contributed by atoms with Crippen molar-refractivity contribution in [1.82, 2.24) is 9.97 Å². The molecule has 0 aliphatic carbocycles. The van der Waals surface area contributed by atoms with Gasteiger partial charge in [-0.15, -0.1) is 0 Å². The number of H-pyrrole nitrogens is 1. The Hall–Kier alpha value is -1.25. The lowest BCUT2D eigenvalue weighted by molar-refractivity contribution is 1.41. The SMILES string of the molecule is [B].c1cnc2cc[nH]c2c1. The zero-order valence-corrected chi connectivity index (χ0v) is 5.41. The first-order chi connectivity index (χ1) is 4.47. The molecule has 0 aliphatic heterocycles. The molecule has 0 unspecified atom stereocenters. The Kier molecular flexibility index (Phi) is 1.76. The lowest BCUT2D eigenvalue weighted by atomic mass is 10.4. The molecule has 0 spiro atoms. The van der Waals surface area contributed by atoms with E-state index in [-0.39, 0.29) is 8.41 Å². The minimum absolute atomic E-state index is 0. The molecule has 2 aromatic heterocycles. The third kappa shape index (κ3) is 0.901. The van der Waals surface area contributed by atoms with E-state index in [1.165, 1.54) is 0 Å². The zero-order valence-electron chi connectivity index (χ0n) is 5.41. The average Bonchev–Trinajstić information content (AvgIpc) is 2.33. The van der Waals surface area contributed by atoms with E-state index in [0.717, 1.165) is 11.0 Å². The van der Waals surface area contributed by atoms with Crippen molar-refractivity contribution in [3.05, 3.63) is 30.6 Å². The molecule has 0 saturated heterocycles.